The molecule has 0 aliphatic carbocycles. The van der Waals surface area contributed by atoms with Crippen molar-refractivity contribution in [2.75, 3.05) is 19.5 Å². The van der Waals surface area contributed by atoms with Crippen molar-refractivity contribution in [1.82, 2.24) is 19.9 Å². The lowest BCUT2D eigenvalue weighted by molar-refractivity contribution is -0.140. The minimum absolute atomic E-state index is 0.0597. The van der Waals surface area contributed by atoms with E-state index in [2.05, 4.69) is 25.3 Å². The van der Waals surface area contributed by atoms with E-state index >= 15 is 0 Å². The molecule has 0 aliphatic heterocycles. The summed E-state index contributed by atoms with van der Waals surface area (Å²) in [4.78, 5) is 27.2. The summed E-state index contributed by atoms with van der Waals surface area (Å²) in [7, 11) is 2.52. The van der Waals surface area contributed by atoms with Gasteiger partial charge in [0.1, 0.15) is 18.1 Å². The Hall–Kier alpha value is -3.79. The number of methoxy groups -OCH3 is 2. The van der Waals surface area contributed by atoms with E-state index in [0.717, 1.165) is 6.33 Å². The van der Waals surface area contributed by atoms with Gasteiger partial charge in [-0.1, -0.05) is 11.3 Å². The Balaban J connectivity index is 2.04. The third-order valence-corrected chi connectivity index (χ3v) is 4.66. The fraction of sp³-hybridized carbons (Fsp3) is 0.176. The van der Waals surface area contributed by atoms with Gasteiger partial charge in [-0.3, -0.25) is 10.1 Å². The third kappa shape index (κ3) is 4.13. The van der Waals surface area contributed by atoms with Gasteiger partial charge in [-0.25, -0.2) is 19.9 Å². The Morgan fingerprint density at radius 3 is 2.43 bits per heavy atom. The average molecular weight is 436 g/mol. The van der Waals surface area contributed by atoms with E-state index in [1.54, 1.807) is 6.07 Å². The first-order valence-electron chi connectivity index (χ1n) is 7.97. The number of ether oxygens (including phenoxy) is 2. The predicted octanol–water partition coefficient (Wildman–Crippen LogP) is 3.16. The smallest absolute Gasteiger partial charge is 0.434 e. The number of rotatable bonds is 5. The largest absolute Gasteiger partial charge is 0.480 e. The zero-order valence-electron chi connectivity index (χ0n) is 15.3. The molecule has 13 heteroatoms. The van der Waals surface area contributed by atoms with E-state index in [1.165, 1.54) is 32.5 Å². The van der Waals surface area contributed by atoms with Crippen LogP contribution < -0.4 is 14.8 Å². The van der Waals surface area contributed by atoms with Gasteiger partial charge in [0.2, 0.25) is 11.8 Å². The zero-order chi connectivity index (χ0) is 21.9. The van der Waals surface area contributed by atoms with Crippen LogP contribution in [0.15, 0.2) is 24.7 Å². The highest BCUT2D eigenvalue weighted by atomic mass is 32.1. The molecule has 0 atom stereocenters. The number of amides is 1. The predicted molar refractivity (Wildman–Crippen MR) is 98.2 cm³/mol. The number of halogens is 3. The van der Waals surface area contributed by atoms with Crippen molar-refractivity contribution < 1.29 is 27.4 Å². The molecule has 3 heterocycles. The Kier molecular flexibility index (Phi) is 5.79. The van der Waals surface area contributed by atoms with Crippen molar-refractivity contribution in [1.29, 1.82) is 5.26 Å². The minimum Gasteiger partial charge on any atom is -0.480 e. The Bertz CT molecular complexity index is 1120. The van der Waals surface area contributed by atoms with Gasteiger partial charge in [-0.2, -0.15) is 18.4 Å². The second-order valence-electron chi connectivity index (χ2n) is 5.46. The molecule has 30 heavy (non-hydrogen) atoms. The molecule has 3 rings (SSSR count). The molecule has 0 spiro atoms. The number of alkyl halides is 3. The van der Waals surface area contributed by atoms with Gasteiger partial charge in [0.25, 0.3) is 5.91 Å². The molecule has 154 valence electrons. The van der Waals surface area contributed by atoms with Crippen LogP contribution in [-0.2, 0) is 6.18 Å². The molecule has 0 saturated heterocycles. The van der Waals surface area contributed by atoms with Crippen LogP contribution in [0.5, 0.6) is 11.8 Å². The molecule has 9 nitrogen and oxygen atoms in total. The van der Waals surface area contributed by atoms with Crippen LogP contribution in [0.4, 0.5) is 18.3 Å². The first-order chi connectivity index (χ1) is 14.3. The van der Waals surface area contributed by atoms with Crippen molar-refractivity contribution in [3.8, 4) is 28.3 Å². The number of aromatic nitrogens is 4. The SMILES string of the molecule is COc1ncnc(OC)c1C(=O)Nc1nc(C(F)(F)F)c(-c2ccnc(C#N)c2)s1. The van der Waals surface area contributed by atoms with Crippen LogP contribution >= 0.6 is 11.3 Å². The van der Waals surface area contributed by atoms with Crippen LogP contribution in [0.2, 0.25) is 0 Å². The molecule has 0 aliphatic rings. The normalized spacial score (nSPS) is 10.9. The molecule has 0 bridgehead atoms. The summed E-state index contributed by atoms with van der Waals surface area (Å²) >= 11 is 0.586. The summed E-state index contributed by atoms with van der Waals surface area (Å²) in [5.41, 5.74) is -1.38. The van der Waals surface area contributed by atoms with Crippen molar-refractivity contribution in [2.24, 2.45) is 0 Å². The first kappa shape index (κ1) is 20.9. The molecule has 3 aromatic rings. The van der Waals surface area contributed by atoms with E-state index < -0.39 is 17.8 Å². The highest BCUT2D eigenvalue weighted by Gasteiger charge is 2.38. The van der Waals surface area contributed by atoms with Crippen LogP contribution in [0.3, 0.4) is 0 Å². The maximum absolute atomic E-state index is 13.5. The second kappa shape index (κ2) is 8.29. The maximum atomic E-state index is 13.5. The van der Waals surface area contributed by atoms with E-state index in [-0.39, 0.29) is 38.6 Å². The number of carbonyl (C=O) groups excluding carboxylic acids is 1. The number of anilines is 1. The van der Waals surface area contributed by atoms with Crippen molar-refractivity contribution in [3.63, 3.8) is 0 Å². The number of nitrogens with one attached hydrogen (secondary N) is 1. The number of thiazole rings is 1. The highest BCUT2D eigenvalue weighted by molar-refractivity contribution is 7.19. The number of hydrogen-bond donors (Lipinski definition) is 1. The second-order valence-corrected chi connectivity index (χ2v) is 6.46. The van der Waals surface area contributed by atoms with Crippen LogP contribution in [0, 0.1) is 11.3 Å². The summed E-state index contributed by atoms with van der Waals surface area (Å²) in [5, 5.41) is 10.9. The molecule has 1 amide bonds. The summed E-state index contributed by atoms with van der Waals surface area (Å²) in [6.45, 7) is 0. The number of carbonyl (C=O) groups is 1. The lowest BCUT2D eigenvalue weighted by Crippen LogP contribution is -2.16. The number of nitrogens with zero attached hydrogens (tertiary/aromatic N) is 5. The Morgan fingerprint density at radius 1 is 1.20 bits per heavy atom. The molecule has 1 N–H and O–H groups in total. The minimum atomic E-state index is -4.80. The Morgan fingerprint density at radius 2 is 1.87 bits per heavy atom. The van der Waals surface area contributed by atoms with Gasteiger partial charge < -0.3 is 9.47 Å². The first-order valence-corrected chi connectivity index (χ1v) is 8.79. The fourth-order valence-corrected chi connectivity index (χ4v) is 3.39. The molecular weight excluding hydrogens is 425 g/mol. The number of hydrogen-bond acceptors (Lipinski definition) is 9. The van der Waals surface area contributed by atoms with Gasteiger partial charge in [0.05, 0.1) is 19.1 Å². The molecular formula is C17H11F3N6O3S. The quantitative estimate of drug-likeness (QED) is 0.647. The van der Waals surface area contributed by atoms with Gasteiger partial charge in [0, 0.05) is 6.20 Å². The number of nitriles is 1. The highest BCUT2D eigenvalue weighted by Crippen LogP contribution is 2.42. The van der Waals surface area contributed by atoms with Crippen molar-refractivity contribution >= 4 is 22.4 Å². The van der Waals surface area contributed by atoms with Gasteiger partial charge >= 0.3 is 6.18 Å². The zero-order valence-corrected chi connectivity index (χ0v) is 16.1. The van der Waals surface area contributed by atoms with E-state index in [9.17, 15) is 18.0 Å². The van der Waals surface area contributed by atoms with Crippen LogP contribution in [-0.4, -0.2) is 40.1 Å². The van der Waals surface area contributed by atoms with Gasteiger partial charge in [0.15, 0.2) is 16.4 Å². The molecule has 0 unspecified atom stereocenters. The van der Waals surface area contributed by atoms with Gasteiger partial charge in [-0.15, -0.1) is 0 Å². The molecule has 0 saturated carbocycles. The molecule has 0 radical (unpaired) electrons. The maximum Gasteiger partial charge on any atom is 0.434 e. The number of pyridine rings is 1. The summed E-state index contributed by atoms with van der Waals surface area (Å²) < 4.78 is 50.6. The van der Waals surface area contributed by atoms with Crippen LogP contribution in [0.1, 0.15) is 21.7 Å². The fourth-order valence-electron chi connectivity index (χ4n) is 2.41. The Labute approximate surface area is 171 Å². The molecule has 0 aromatic carbocycles. The third-order valence-electron chi connectivity index (χ3n) is 3.64. The molecule has 0 fully saturated rings. The summed E-state index contributed by atoms with van der Waals surface area (Å²) in [6.07, 6.45) is -2.48. The lowest BCUT2D eigenvalue weighted by atomic mass is 10.1. The van der Waals surface area contributed by atoms with E-state index in [1.807, 2.05) is 0 Å². The van der Waals surface area contributed by atoms with Crippen LogP contribution in [0.25, 0.3) is 10.4 Å². The topological polar surface area (TPSA) is 123 Å². The van der Waals surface area contributed by atoms with Crippen molar-refractivity contribution in [3.05, 3.63) is 41.6 Å². The standard InChI is InChI=1S/C17H11F3N6O3S/c1-28-14-10(15(29-2)24-7-23-14)13(27)26-16-25-12(17(18,19)20)11(30-16)8-3-4-22-9(5-8)6-21/h3-5,7H,1-2H3,(H,25,26,27). The average Bonchev–Trinajstić information content (AvgIpc) is 3.17. The van der Waals surface area contributed by atoms with E-state index in [0.29, 0.717) is 11.3 Å². The van der Waals surface area contributed by atoms with Crippen molar-refractivity contribution in [2.45, 2.75) is 6.18 Å². The molecule has 3 aromatic heterocycles. The van der Waals surface area contributed by atoms with Gasteiger partial charge in [-0.05, 0) is 17.7 Å². The monoisotopic (exact) mass is 436 g/mol. The van der Waals surface area contributed by atoms with E-state index in [4.69, 9.17) is 14.7 Å². The summed E-state index contributed by atoms with van der Waals surface area (Å²) in [6, 6.07) is 4.27. The lowest BCUT2D eigenvalue weighted by Gasteiger charge is -2.09. The summed E-state index contributed by atoms with van der Waals surface area (Å²) in [5.74, 6) is -1.12.